The van der Waals surface area contributed by atoms with Crippen molar-refractivity contribution in [3.63, 3.8) is 0 Å². The van der Waals surface area contributed by atoms with Gasteiger partial charge < -0.3 is 0 Å². The number of benzene rings is 2. The molecular weight excluding hydrogens is 382 g/mol. The zero-order chi connectivity index (χ0) is 13.1. The van der Waals surface area contributed by atoms with Crippen LogP contribution in [0.3, 0.4) is 0 Å². The molecule has 0 N–H and O–H groups in total. The number of hydrogen-bond acceptors (Lipinski definition) is 0. The summed E-state index contributed by atoms with van der Waals surface area (Å²) in [5.74, 6) is -0.269. The topological polar surface area (TPSA) is 0 Å². The third kappa shape index (κ3) is 3.56. The van der Waals surface area contributed by atoms with Crippen molar-refractivity contribution in [3.8, 4) is 0 Å². The highest BCUT2D eigenvalue weighted by atomic mass is 79.9. The van der Waals surface area contributed by atoms with Gasteiger partial charge in [0.2, 0.25) is 0 Å². The number of alkyl halides is 1. The summed E-state index contributed by atoms with van der Waals surface area (Å²) >= 11 is 13.1. The minimum atomic E-state index is -0.269. The van der Waals surface area contributed by atoms with Gasteiger partial charge in [0.05, 0.1) is 5.38 Å². The summed E-state index contributed by atoms with van der Waals surface area (Å²) < 4.78 is 15.1. The van der Waals surface area contributed by atoms with E-state index in [4.69, 9.17) is 11.6 Å². The molecule has 0 nitrogen and oxygen atoms in total. The van der Waals surface area contributed by atoms with Crippen molar-refractivity contribution in [2.45, 2.75) is 11.8 Å². The van der Waals surface area contributed by atoms with Gasteiger partial charge in [-0.3, -0.25) is 0 Å². The van der Waals surface area contributed by atoms with Crippen LogP contribution in [0.5, 0.6) is 0 Å². The summed E-state index contributed by atoms with van der Waals surface area (Å²) in [6, 6.07) is 12.5. The average Bonchev–Trinajstić information content (AvgIpc) is 2.35. The molecule has 0 bridgehead atoms. The fourth-order valence-corrected chi connectivity index (χ4v) is 2.97. The molecule has 0 aromatic heterocycles. The quantitative estimate of drug-likeness (QED) is 0.573. The van der Waals surface area contributed by atoms with Gasteiger partial charge in [0, 0.05) is 8.95 Å². The molecule has 2 rings (SSSR count). The van der Waals surface area contributed by atoms with Gasteiger partial charge in [0.15, 0.2) is 0 Å². The lowest BCUT2D eigenvalue weighted by Gasteiger charge is -2.12. The summed E-state index contributed by atoms with van der Waals surface area (Å²) in [5.41, 5.74) is 1.90. The molecule has 0 radical (unpaired) electrons. The van der Waals surface area contributed by atoms with E-state index in [-0.39, 0.29) is 11.2 Å². The van der Waals surface area contributed by atoms with E-state index in [1.54, 1.807) is 6.07 Å². The number of rotatable bonds is 3. The first-order chi connectivity index (χ1) is 8.56. The molecule has 0 saturated carbocycles. The molecule has 1 unspecified atom stereocenters. The van der Waals surface area contributed by atoms with Crippen LogP contribution in [-0.2, 0) is 6.42 Å². The minimum Gasteiger partial charge on any atom is -0.207 e. The van der Waals surface area contributed by atoms with Crippen LogP contribution in [0.4, 0.5) is 4.39 Å². The van der Waals surface area contributed by atoms with Crippen LogP contribution in [0.15, 0.2) is 51.4 Å². The van der Waals surface area contributed by atoms with Crippen LogP contribution in [0.25, 0.3) is 0 Å². The van der Waals surface area contributed by atoms with E-state index in [2.05, 4.69) is 31.9 Å². The summed E-state index contributed by atoms with van der Waals surface area (Å²) in [4.78, 5) is 0. The van der Waals surface area contributed by atoms with Gasteiger partial charge in [-0.25, -0.2) is 4.39 Å². The van der Waals surface area contributed by atoms with Crippen molar-refractivity contribution in [2.75, 3.05) is 0 Å². The van der Waals surface area contributed by atoms with Gasteiger partial charge in [-0.2, -0.15) is 0 Å². The Morgan fingerprint density at radius 1 is 1.06 bits per heavy atom. The lowest BCUT2D eigenvalue weighted by Crippen LogP contribution is -1.97. The fourth-order valence-electron chi connectivity index (χ4n) is 1.69. The second-order valence-corrected chi connectivity index (χ2v) is 6.26. The SMILES string of the molecule is Fc1ccc(Br)c(C(Cl)Cc2ccc(Br)cc2)c1. The monoisotopic (exact) mass is 390 g/mol. The van der Waals surface area contributed by atoms with Crippen molar-refractivity contribution in [3.05, 3.63) is 68.4 Å². The zero-order valence-electron chi connectivity index (χ0n) is 9.34. The molecule has 1 atom stereocenters. The first kappa shape index (κ1) is 14.0. The minimum absolute atomic E-state index is 0.253. The summed E-state index contributed by atoms with van der Waals surface area (Å²) in [6.45, 7) is 0. The summed E-state index contributed by atoms with van der Waals surface area (Å²) in [6.07, 6.45) is 0.664. The second kappa shape index (κ2) is 6.18. The van der Waals surface area contributed by atoms with Crippen LogP contribution >= 0.6 is 43.5 Å². The third-order valence-corrected chi connectivity index (χ3v) is 4.26. The van der Waals surface area contributed by atoms with Crippen LogP contribution < -0.4 is 0 Å². The standard InChI is InChI=1S/C14H10Br2ClF/c15-10-3-1-9(2-4-10)7-14(17)12-8-11(18)5-6-13(12)16/h1-6,8,14H,7H2. The summed E-state index contributed by atoms with van der Waals surface area (Å²) in [7, 11) is 0. The Labute approximate surface area is 127 Å². The van der Waals surface area contributed by atoms with Crippen molar-refractivity contribution < 1.29 is 4.39 Å². The van der Waals surface area contributed by atoms with E-state index in [9.17, 15) is 4.39 Å². The van der Waals surface area contributed by atoms with Crippen LogP contribution in [-0.4, -0.2) is 0 Å². The average molecular weight is 392 g/mol. The van der Waals surface area contributed by atoms with Gasteiger partial charge >= 0.3 is 0 Å². The normalized spacial score (nSPS) is 12.4. The third-order valence-electron chi connectivity index (χ3n) is 2.62. The van der Waals surface area contributed by atoms with E-state index < -0.39 is 0 Å². The lowest BCUT2D eigenvalue weighted by molar-refractivity contribution is 0.624. The van der Waals surface area contributed by atoms with E-state index in [1.807, 2.05) is 24.3 Å². The molecule has 0 amide bonds. The predicted molar refractivity (Wildman–Crippen MR) is 80.5 cm³/mol. The Kier molecular flexibility index (Phi) is 4.82. The van der Waals surface area contributed by atoms with Crippen LogP contribution in [0.1, 0.15) is 16.5 Å². The van der Waals surface area contributed by atoms with Crippen LogP contribution in [0, 0.1) is 5.82 Å². The molecule has 2 aromatic carbocycles. The van der Waals surface area contributed by atoms with Crippen molar-refractivity contribution in [2.24, 2.45) is 0 Å². The number of halogens is 4. The molecule has 0 aliphatic carbocycles. The van der Waals surface area contributed by atoms with Crippen molar-refractivity contribution in [1.29, 1.82) is 0 Å². The molecule has 0 fully saturated rings. The van der Waals surface area contributed by atoms with Gasteiger partial charge in [-0.15, -0.1) is 11.6 Å². The Bertz CT molecular complexity index is 540. The van der Waals surface area contributed by atoms with E-state index in [0.29, 0.717) is 6.42 Å². The first-order valence-electron chi connectivity index (χ1n) is 5.40. The largest absolute Gasteiger partial charge is 0.207 e. The highest BCUT2D eigenvalue weighted by Crippen LogP contribution is 2.31. The maximum atomic E-state index is 13.2. The van der Waals surface area contributed by atoms with E-state index >= 15 is 0 Å². The van der Waals surface area contributed by atoms with Gasteiger partial charge in [0.1, 0.15) is 5.82 Å². The first-order valence-corrected chi connectivity index (χ1v) is 7.42. The molecule has 4 heteroatoms. The smallest absolute Gasteiger partial charge is 0.123 e. The molecule has 0 heterocycles. The highest BCUT2D eigenvalue weighted by Gasteiger charge is 2.13. The molecule has 18 heavy (non-hydrogen) atoms. The Morgan fingerprint density at radius 2 is 1.72 bits per heavy atom. The molecule has 0 saturated heterocycles. The van der Waals surface area contributed by atoms with Gasteiger partial charge in [-0.1, -0.05) is 44.0 Å². The molecule has 94 valence electrons. The maximum Gasteiger partial charge on any atom is 0.123 e. The molecule has 0 aliphatic heterocycles. The van der Waals surface area contributed by atoms with Crippen LogP contribution in [0.2, 0.25) is 0 Å². The molecule has 2 aromatic rings. The van der Waals surface area contributed by atoms with Crippen molar-refractivity contribution in [1.82, 2.24) is 0 Å². The zero-order valence-corrected chi connectivity index (χ0v) is 13.3. The molecule has 0 aliphatic rings. The van der Waals surface area contributed by atoms with Gasteiger partial charge in [0.25, 0.3) is 0 Å². The maximum absolute atomic E-state index is 13.2. The molecular formula is C14H10Br2ClF. The second-order valence-electron chi connectivity index (χ2n) is 3.96. The van der Waals surface area contributed by atoms with Gasteiger partial charge in [-0.05, 0) is 47.9 Å². The Morgan fingerprint density at radius 3 is 2.39 bits per heavy atom. The summed E-state index contributed by atoms with van der Waals surface area (Å²) in [5, 5.41) is -0.253. The van der Waals surface area contributed by atoms with E-state index in [1.165, 1.54) is 12.1 Å². The predicted octanol–water partition coefficient (Wildman–Crippen LogP) is 5.87. The van der Waals surface area contributed by atoms with Crippen molar-refractivity contribution >= 4 is 43.5 Å². The fraction of sp³-hybridized carbons (Fsp3) is 0.143. The molecule has 0 spiro atoms. The Hall–Kier alpha value is -0.380. The Balaban J connectivity index is 2.18. The lowest BCUT2D eigenvalue weighted by atomic mass is 10.0. The number of hydrogen-bond donors (Lipinski definition) is 0. The van der Waals surface area contributed by atoms with E-state index in [0.717, 1.165) is 20.1 Å². The highest BCUT2D eigenvalue weighted by molar-refractivity contribution is 9.10.